The second-order valence-corrected chi connectivity index (χ2v) is 5.86. The molecular weight excluding hydrogens is 276 g/mol. The fourth-order valence-electron chi connectivity index (χ4n) is 3.11. The Bertz CT molecular complexity index is 593. The molecule has 1 fully saturated rings. The summed E-state index contributed by atoms with van der Waals surface area (Å²) in [5.74, 6) is 0.873. The van der Waals surface area contributed by atoms with Gasteiger partial charge < -0.3 is 10.1 Å². The van der Waals surface area contributed by atoms with Crippen LogP contribution in [0.3, 0.4) is 0 Å². The van der Waals surface area contributed by atoms with Gasteiger partial charge in [-0.1, -0.05) is 0 Å². The molecule has 2 heterocycles. The number of hydrogen-bond donors (Lipinski definition) is 2. The van der Waals surface area contributed by atoms with E-state index in [2.05, 4.69) is 39.6 Å². The highest BCUT2D eigenvalue weighted by atomic mass is 16.5. The predicted octanol–water partition coefficient (Wildman–Crippen LogP) is 2.27. The summed E-state index contributed by atoms with van der Waals surface area (Å²) in [6.45, 7) is 3.20. The molecule has 5 heteroatoms. The lowest BCUT2D eigenvalue weighted by Gasteiger charge is -2.32. The third-order valence-corrected chi connectivity index (χ3v) is 4.40. The van der Waals surface area contributed by atoms with Gasteiger partial charge in [0.15, 0.2) is 0 Å². The number of benzene rings is 1. The van der Waals surface area contributed by atoms with Gasteiger partial charge in [-0.15, -0.1) is 0 Å². The van der Waals surface area contributed by atoms with Crippen LogP contribution in [0.25, 0.3) is 11.3 Å². The second kappa shape index (κ2) is 6.94. The number of piperidine rings is 1. The van der Waals surface area contributed by atoms with E-state index in [9.17, 15) is 0 Å². The number of H-pyrrole nitrogens is 1. The minimum atomic E-state index is 0.602. The summed E-state index contributed by atoms with van der Waals surface area (Å²) in [5.41, 5.74) is 3.51. The Morgan fingerprint density at radius 2 is 2.18 bits per heavy atom. The lowest BCUT2D eigenvalue weighted by Crippen LogP contribution is -2.43. The van der Waals surface area contributed by atoms with Gasteiger partial charge in [-0.05, 0) is 50.7 Å². The molecule has 0 spiro atoms. The molecule has 1 atom stereocenters. The zero-order valence-corrected chi connectivity index (χ0v) is 13.3. The summed E-state index contributed by atoms with van der Waals surface area (Å²) in [4.78, 5) is 2.50. The summed E-state index contributed by atoms with van der Waals surface area (Å²) in [7, 11) is 3.74. The van der Waals surface area contributed by atoms with Crippen molar-refractivity contribution in [1.82, 2.24) is 20.4 Å². The highest BCUT2D eigenvalue weighted by molar-refractivity contribution is 5.63. The van der Waals surface area contributed by atoms with Gasteiger partial charge >= 0.3 is 0 Å². The molecular formula is C17H24N4O. The molecule has 3 rings (SSSR count). The third kappa shape index (κ3) is 3.31. The first kappa shape index (κ1) is 15.1. The summed E-state index contributed by atoms with van der Waals surface area (Å²) < 4.78 is 5.22. The van der Waals surface area contributed by atoms with E-state index in [1.165, 1.54) is 18.4 Å². The molecule has 1 unspecified atom stereocenters. The molecule has 5 nitrogen and oxygen atoms in total. The molecule has 2 aromatic rings. The number of nitrogens with one attached hydrogen (secondary N) is 2. The van der Waals surface area contributed by atoms with E-state index in [-0.39, 0.29) is 0 Å². The van der Waals surface area contributed by atoms with Gasteiger partial charge in [0.05, 0.1) is 19.0 Å². The van der Waals surface area contributed by atoms with Crippen molar-refractivity contribution in [1.29, 1.82) is 0 Å². The maximum absolute atomic E-state index is 5.22. The van der Waals surface area contributed by atoms with Crippen LogP contribution < -0.4 is 10.1 Å². The third-order valence-electron chi connectivity index (χ3n) is 4.40. The predicted molar refractivity (Wildman–Crippen MR) is 87.9 cm³/mol. The summed E-state index contributed by atoms with van der Waals surface area (Å²) in [6.07, 6.45) is 4.47. The molecule has 0 bridgehead atoms. The quantitative estimate of drug-likeness (QED) is 0.889. The first-order valence-electron chi connectivity index (χ1n) is 7.86. The van der Waals surface area contributed by atoms with Crippen LogP contribution in [0.1, 0.15) is 18.4 Å². The molecule has 1 aromatic carbocycles. The van der Waals surface area contributed by atoms with Crippen molar-refractivity contribution in [2.24, 2.45) is 0 Å². The Kier molecular flexibility index (Phi) is 4.75. The Hall–Kier alpha value is -1.85. The minimum absolute atomic E-state index is 0.602. The van der Waals surface area contributed by atoms with E-state index in [0.29, 0.717) is 6.04 Å². The van der Waals surface area contributed by atoms with Crippen LogP contribution in [0.4, 0.5) is 0 Å². The van der Waals surface area contributed by atoms with Gasteiger partial charge in [0.2, 0.25) is 0 Å². The standard InChI is InChI=1S/C17H24N4O/c1-18-15-4-3-9-21(12-15)11-14-10-19-20-17(14)13-5-7-16(22-2)8-6-13/h5-8,10,15,18H,3-4,9,11-12H2,1-2H3,(H,19,20). The van der Waals surface area contributed by atoms with E-state index < -0.39 is 0 Å². The van der Waals surface area contributed by atoms with Crippen LogP contribution in [0.5, 0.6) is 5.75 Å². The number of ether oxygens (including phenoxy) is 1. The SMILES string of the molecule is CNC1CCCN(Cc2cn[nH]c2-c2ccc(OC)cc2)C1. The minimum Gasteiger partial charge on any atom is -0.497 e. The van der Waals surface area contributed by atoms with Crippen LogP contribution in [0.15, 0.2) is 30.5 Å². The van der Waals surface area contributed by atoms with Gasteiger partial charge in [-0.25, -0.2) is 0 Å². The van der Waals surface area contributed by atoms with Crippen molar-refractivity contribution in [3.63, 3.8) is 0 Å². The largest absolute Gasteiger partial charge is 0.497 e. The first-order chi connectivity index (χ1) is 10.8. The van der Waals surface area contributed by atoms with Gasteiger partial charge in [-0.3, -0.25) is 10.00 Å². The topological polar surface area (TPSA) is 53.2 Å². The molecule has 118 valence electrons. The van der Waals surface area contributed by atoms with E-state index in [0.717, 1.165) is 36.6 Å². The zero-order chi connectivity index (χ0) is 15.4. The Morgan fingerprint density at radius 3 is 2.91 bits per heavy atom. The maximum atomic E-state index is 5.22. The molecule has 1 saturated heterocycles. The number of hydrogen-bond acceptors (Lipinski definition) is 4. The smallest absolute Gasteiger partial charge is 0.118 e. The van der Waals surface area contributed by atoms with Crippen LogP contribution in [-0.2, 0) is 6.54 Å². The Morgan fingerprint density at radius 1 is 1.36 bits per heavy atom. The molecule has 0 saturated carbocycles. The van der Waals surface area contributed by atoms with Crippen molar-refractivity contribution in [2.45, 2.75) is 25.4 Å². The summed E-state index contributed by atoms with van der Waals surface area (Å²) in [6, 6.07) is 8.71. The number of methoxy groups -OCH3 is 1. The van der Waals surface area contributed by atoms with Crippen molar-refractivity contribution in [3.05, 3.63) is 36.0 Å². The molecule has 2 N–H and O–H groups in total. The van der Waals surface area contributed by atoms with Crippen molar-refractivity contribution >= 4 is 0 Å². The first-order valence-corrected chi connectivity index (χ1v) is 7.86. The van der Waals surface area contributed by atoms with Gasteiger partial charge in [0, 0.05) is 30.3 Å². The summed E-state index contributed by atoms with van der Waals surface area (Å²) >= 11 is 0. The van der Waals surface area contributed by atoms with E-state index in [1.807, 2.05) is 18.3 Å². The monoisotopic (exact) mass is 300 g/mol. The number of nitrogens with zero attached hydrogens (tertiary/aromatic N) is 2. The average Bonchev–Trinajstić information content (AvgIpc) is 3.03. The molecule has 1 aromatic heterocycles. The molecule has 1 aliphatic heterocycles. The van der Waals surface area contributed by atoms with Crippen molar-refractivity contribution in [3.8, 4) is 17.0 Å². The maximum Gasteiger partial charge on any atom is 0.118 e. The van der Waals surface area contributed by atoms with Crippen LogP contribution in [0.2, 0.25) is 0 Å². The number of likely N-dealkylation sites (N-methyl/N-ethyl adjacent to an activating group) is 1. The Balaban J connectivity index is 1.74. The Labute approximate surface area is 131 Å². The van der Waals surface area contributed by atoms with Gasteiger partial charge in [0.25, 0.3) is 0 Å². The second-order valence-electron chi connectivity index (χ2n) is 5.86. The normalized spacial score (nSPS) is 19.3. The number of likely N-dealkylation sites (tertiary alicyclic amines) is 1. The average molecular weight is 300 g/mol. The van der Waals surface area contributed by atoms with E-state index >= 15 is 0 Å². The fourth-order valence-corrected chi connectivity index (χ4v) is 3.11. The van der Waals surface area contributed by atoms with Crippen LogP contribution >= 0.6 is 0 Å². The highest BCUT2D eigenvalue weighted by Crippen LogP contribution is 2.25. The molecule has 0 radical (unpaired) electrons. The van der Waals surface area contributed by atoms with Crippen LogP contribution in [-0.4, -0.2) is 48.4 Å². The highest BCUT2D eigenvalue weighted by Gasteiger charge is 2.20. The number of rotatable bonds is 5. The zero-order valence-electron chi connectivity index (χ0n) is 13.3. The van der Waals surface area contributed by atoms with Gasteiger partial charge in [0.1, 0.15) is 5.75 Å². The molecule has 0 amide bonds. The van der Waals surface area contributed by atoms with Crippen molar-refractivity contribution < 1.29 is 4.74 Å². The number of aromatic amines is 1. The van der Waals surface area contributed by atoms with E-state index in [1.54, 1.807) is 7.11 Å². The summed E-state index contributed by atoms with van der Waals surface area (Å²) in [5, 5.41) is 10.8. The molecule has 1 aliphatic rings. The van der Waals surface area contributed by atoms with Gasteiger partial charge in [-0.2, -0.15) is 5.10 Å². The van der Waals surface area contributed by atoms with Crippen molar-refractivity contribution in [2.75, 3.05) is 27.2 Å². The molecule has 22 heavy (non-hydrogen) atoms. The van der Waals surface area contributed by atoms with Crippen LogP contribution in [0, 0.1) is 0 Å². The van der Waals surface area contributed by atoms with E-state index in [4.69, 9.17) is 4.74 Å². The fraction of sp³-hybridized carbons (Fsp3) is 0.471. The lowest BCUT2D eigenvalue weighted by molar-refractivity contribution is 0.188. The number of aromatic nitrogens is 2. The lowest BCUT2D eigenvalue weighted by atomic mass is 10.0. The molecule has 0 aliphatic carbocycles.